The zero-order chi connectivity index (χ0) is 23.6. The van der Waals surface area contributed by atoms with Crippen LogP contribution in [0.2, 0.25) is 0 Å². The first kappa shape index (κ1) is 22.6. The summed E-state index contributed by atoms with van der Waals surface area (Å²) in [5, 5.41) is 1.94. The molecule has 172 valence electrons. The number of anilines is 2. The molecule has 0 atom stereocenters. The number of nitrogens with one attached hydrogen (secondary N) is 1. The molecule has 0 aliphatic carbocycles. The van der Waals surface area contributed by atoms with Crippen LogP contribution in [0.3, 0.4) is 0 Å². The van der Waals surface area contributed by atoms with Gasteiger partial charge in [0.05, 0.1) is 30.5 Å². The van der Waals surface area contributed by atoms with Gasteiger partial charge in [-0.15, -0.1) is 17.9 Å². The van der Waals surface area contributed by atoms with Gasteiger partial charge < -0.3 is 19.1 Å². The number of aromatic nitrogens is 1. The number of sulfonamides is 1. The molecule has 0 fully saturated rings. The summed E-state index contributed by atoms with van der Waals surface area (Å²) in [5.74, 6) is 1.15. The number of fused-ring (bicyclic) bond motifs is 1. The van der Waals surface area contributed by atoms with Gasteiger partial charge >= 0.3 is 0 Å². The molecule has 0 saturated heterocycles. The van der Waals surface area contributed by atoms with Crippen molar-refractivity contribution in [3.05, 3.63) is 54.4 Å². The summed E-state index contributed by atoms with van der Waals surface area (Å²) in [6, 6.07) is 9.68. The largest absolute Gasteiger partial charge is 0.493 e. The Bertz CT molecular complexity index is 1320. The molecule has 0 bridgehead atoms. The number of rotatable bonds is 8. The Kier molecular flexibility index (Phi) is 6.25. The molecule has 1 aliphatic rings. The molecule has 0 spiro atoms. The number of methoxy groups -OCH3 is 2. The molecule has 4 rings (SSSR count). The maximum atomic E-state index is 12.8. The molecule has 9 nitrogen and oxygen atoms in total. The molecule has 3 aromatic rings. The van der Waals surface area contributed by atoms with E-state index in [1.807, 2.05) is 6.07 Å². The SMILES string of the molecule is C=CCN1C(=O)COc2ccc(-c3csc(NS(=O)(=O)c4ccc(OC)c(OC)c4)n3)cc21. The molecule has 0 radical (unpaired) electrons. The van der Waals surface area contributed by atoms with E-state index >= 15 is 0 Å². The summed E-state index contributed by atoms with van der Waals surface area (Å²) in [7, 11) is -0.993. The quantitative estimate of drug-likeness (QED) is 0.484. The zero-order valence-electron chi connectivity index (χ0n) is 17.9. The van der Waals surface area contributed by atoms with Crippen molar-refractivity contribution in [3.63, 3.8) is 0 Å². The standard InChI is InChI=1S/C22H21N3O6S2/c1-4-9-25-17-10-14(5-7-18(17)31-12-21(25)26)16-13-32-22(23-16)24-33(27,28)15-6-8-19(29-2)20(11-15)30-3/h4-8,10-11,13H,1,9,12H2,2-3H3,(H,23,24). The van der Waals surface area contributed by atoms with Crippen molar-refractivity contribution in [2.75, 3.05) is 37.0 Å². The predicted molar refractivity (Wildman–Crippen MR) is 126 cm³/mol. The number of carbonyl (C=O) groups excluding carboxylic acids is 1. The summed E-state index contributed by atoms with van der Waals surface area (Å²) in [6.07, 6.45) is 1.64. The first-order valence-corrected chi connectivity index (χ1v) is 12.1. The average molecular weight is 488 g/mol. The minimum absolute atomic E-state index is 0.0152. The van der Waals surface area contributed by atoms with E-state index < -0.39 is 10.0 Å². The number of hydrogen-bond donors (Lipinski definition) is 1. The fraction of sp³-hybridized carbons (Fsp3) is 0.182. The molecule has 1 amide bonds. The van der Waals surface area contributed by atoms with Crippen molar-refractivity contribution in [2.45, 2.75) is 4.90 Å². The number of hydrogen-bond acceptors (Lipinski definition) is 8. The average Bonchev–Trinajstić information content (AvgIpc) is 3.28. The molecule has 11 heteroatoms. The highest BCUT2D eigenvalue weighted by molar-refractivity contribution is 7.93. The minimum Gasteiger partial charge on any atom is -0.493 e. The second-order valence-electron chi connectivity index (χ2n) is 6.92. The predicted octanol–water partition coefficient (Wildman–Crippen LogP) is 3.54. The van der Waals surface area contributed by atoms with E-state index in [4.69, 9.17) is 14.2 Å². The van der Waals surface area contributed by atoms with Crippen molar-refractivity contribution in [2.24, 2.45) is 0 Å². The Morgan fingerprint density at radius 3 is 2.73 bits per heavy atom. The first-order valence-electron chi connectivity index (χ1n) is 9.75. The highest BCUT2D eigenvalue weighted by Crippen LogP contribution is 2.37. The van der Waals surface area contributed by atoms with Gasteiger partial charge in [-0.2, -0.15) is 0 Å². The molecule has 2 heterocycles. The Morgan fingerprint density at radius 2 is 2.00 bits per heavy atom. The lowest BCUT2D eigenvalue weighted by atomic mass is 10.1. The Morgan fingerprint density at radius 1 is 1.21 bits per heavy atom. The lowest BCUT2D eigenvalue weighted by molar-refractivity contribution is -0.121. The number of carbonyl (C=O) groups is 1. The molecule has 0 unspecified atom stereocenters. The summed E-state index contributed by atoms with van der Waals surface area (Å²) >= 11 is 1.15. The van der Waals surface area contributed by atoms with Gasteiger partial charge in [0.15, 0.2) is 23.2 Å². The lowest BCUT2D eigenvalue weighted by Gasteiger charge is -2.28. The van der Waals surface area contributed by atoms with E-state index in [0.29, 0.717) is 40.7 Å². The van der Waals surface area contributed by atoms with Crippen LogP contribution < -0.4 is 23.8 Å². The van der Waals surface area contributed by atoms with Gasteiger partial charge in [-0.1, -0.05) is 6.08 Å². The van der Waals surface area contributed by atoms with Crippen LogP contribution in [0.4, 0.5) is 10.8 Å². The van der Waals surface area contributed by atoms with E-state index in [2.05, 4.69) is 16.3 Å². The Labute approximate surface area is 195 Å². The molecular formula is C22H21N3O6S2. The highest BCUT2D eigenvalue weighted by Gasteiger charge is 2.25. The normalized spacial score (nSPS) is 13.2. The molecule has 1 aromatic heterocycles. The maximum Gasteiger partial charge on any atom is 0.265 e. The third-order valence-corrected chi connectivity index (χ3v) is 7.12. The minimum atomic E-state index is -3.90. The van der Waals surface area contributed by atoms with Crippen LogP contribution in [-0.4, -0.2) is 46.7 Å². The van der Waals surface area contributed by atoms with Crippen LogP contribution in [0.25, 0.3) is 11.3 Å². The molecular weight excluding hydrogens is 466 g/mol. The van der Waals surface area contributed by atoms with E-state index in [-0.39, 0.29) is 22.5 Å². The van der Waals surface area contributed by atoms with Crippen molar-refractivity contribution in [1.82, 2.24) is 4.98 Å². The second-order valence-corrected chi connectivity index (χ2v) is 9.46. The van der Waals surface area contributed by atoms with Crippen molar-refractivity contribution < 1.29 is 27.4 Å². The van der Waals surface area contributed by atoms with Gasteiger partial charge in [-0.25, -0.2) is 13.4 Å². The summed E-state index contributed by atoms with van der Waals surface area (Å²) in [6.45, 7) is 4.02. The van der Waals surface area contributed by atoms with Crippen LogP contribution >= 0.6 is 11.3 Å². The highest BCUT2D eigenvalue weighted by atomic mass is 32.2. The number of thiazole rings is 1. The zero-order valence-corrected chi connectivity index (χ0v) is 19.5. The molecule has 1 N–H and O–H groups in total. The summed E-state index contributed by atoms with van der Waals surface area (Å²) in [4.78, 5) is 18.2. The molecule has 1 aliphatic heterocycles. The first-order chi connectivity index (χ1) is 15.9. The van der Waals surface area contributed by atoms with Crippen molar-refractivity contribution in [3.8, 4) is 28.5 Å². The number of ether oxygens (including phenoxy) is 3. The fourth-order valence-corrected chi connectivity index (χ4v) is 5.29. The number of benzene rings is 2. The second kappa shape index (κ2) is 9.12. The monoisotopic (exact) mass is 487 g/mol. The van der Waals surface area contributed by atoms with Gasteiger partial charge in [-0.05, 0) is 30.3 Å². The van der Waals surface area contributed by atoms with Gasteiger partial charge in [0.25, 0.3) is 15.9 Å². The van der Waals surface area contributed by atoms with Crippen LogP contribution in [0, 0.1) is 0 Å². The number of amides is 1. The van der Waals surface area contributed by atoms with Crippen LogP contribution in [0.5, 0.6) is 17.2 Å². The van der Waals surface area contributed by atoms with E-state index in [1.54, 1.807) is 28.5 Å². The van der Waals surface area contributed by atoms with Crippen LogP contribution in [-0.2, 0) is 14.8 Å². The van der Waals surface area contributed by atoms with E-state index in [0.717, 1.165) is 11.3 Å². The van der Waals surface area contributed by atoms with Crippen LogP contribution in [0.15, 0.2) is 59.3 Å². The van der Waals surface area contributed by atoms with E-state index in [1.165, 1.54) is 32.4 Å². The van der Waals surface area contributed by atoms with Gasteiger partial charge in [0, 0.05) is 23.6 Å². The smallest absolute Gasteiger partial charge is 0.265 e. The van der Waals surface area contributed by atoms with Crippen molar-refractivity contribution >= 4 is 38.1 Å². The molecule has 0 saturated carbocycles. The molecule has 33 heavy (non-hydrogen) atoms. The van der Waals surface area contributed by atoms with E-state index in [9.17, 15) is 13.2 Å². The third kappa shape index (κ3) is 4.50. The maximum absolute atomic E-state index is 12.8. The van der Waals surface area contributed by atoms with Gasteiger partial charge in [0.2, 0.25) is 0 Å². The fourth-order valence-electron chi connectivity index (χ4n) is 3.30. The van der Waals surface area contributed by atoms with Gasteiger partial charge in [-0.3, -0.25) is 9.52 Å². The third-order valence-electron chi connectivity index (χ3n) is 4.90. The van der Waals surface area contributed by atoms with Crippen molar-refractivity contribution in [1.29, 1.82) is 0 Å². The van der Waals surface area contributed by atoms with Gasteiger partial charge in [0.1, 0.15) is 5.75 Å². The van der Waals surface area contributed by atoms with Crippen LogP contribution in [0.1, 0.15) is 0 Å². The lowest BCUT2D eigenvalue weighted by Crippen LogP contribution is -2.38. The Balaban J connectivity index is 1.60. The molecule has 2 aromatic carbocycles. The summed E-state index contributed by atoms with van der Waals surface area (Å²) < 4.78 is 44.0. The topological polar surface area (TPSA) is 107 Å². The Hall–Kier alpha value is -3.57. The summed E-state index contributed by atoms with van der Waals surface area (Å²) in [5.41, 5.74) is 1.89. The number of nitrogens with zero attached hydrogens (tertiary/aromatic N) is 2.